The first-order valence-corrected chi connectivity index (χ1v) is 5.17. The minimum absolute atomic E-state index is 0.147. The van der Waals surface area contributed by atoms with Crippen LogP contribution in [0.15, 0.2) is 12.1 Å². The van der Waals surface area contributed by atoms with Gasteiger partial charge in [0.1, 0.15) is 0 Å². The van der Waals surface area contributed by atoms with Gasteiger partial charge in [0, 0.05) is 24.8 Å². The molecular weight excluding hydrogens is 174 g/mol. The Morgan fingerprint density at radius 1 is 1.43 bits per heavy atom. The average molecular weight is 191 g/mol. The van der Waals surface area contributed by atoms with Crippen LogP contribution in [0.25, 0.3) is 0 Å². The normalized spacial score (nSPS) is 15.5. The van der Waals surface area contributed by atoms with Crippen LogP contribution in [-0.2, 0) is 13.0 Å². The third-order valence-electron chi connectivity index (χ3n) is 2.90. The first kappa shape index (κ1) is 9.53. The highest BCUT2D eigenvalue weighted by Gasteiger charge is 2.17. The topological polar surface area (TPSA) is 23.5 Å². The second-order valence-corrected chi connectivity index (χ2v) is 4.11. The van der Waals surface area contributed by atoms with Crippen molar-refractivity contribution in [2.45, 2.75) is 26.4 Å². The maximum absolute atomic E-state index is 9.31. The van der Waals surface area contributed by atoms with Crippen molar-refractivity contribution in [1.29, 1.82) is 0 Å². The molecule has 0 spiro atoms. The summed E-state index contributed by atoms with van der Waals surface area (Å²) in [6, 6.07) is 4.32. The van der Waals surface area contributed by atoms with E-state index in [1.807, 2.05) is 0 Å². The Morgan fingerprint density at radius 2 is 2.21 bits per heavy atom. The summed E-state index contributed by atoms with van der Waals surface area (Å²) in [5.41, 5.74) is 4.97. The molecule has 0 radical (unpaired) electrons. The zero-order valence-electron chi connectivity index (χ0n) is 8.88. The van der Waals surface area contributed by atoms with Crippen molar-refractivity contribution in [2.75, 3.05) is 18.5 Å². The van der Waals surface area contributed by atoms with E-state index < -0.39 is 0 Å². The van der Waals surface area contributed by atoms with Crippen LogP contribution in [0.2, 0.25) is 0 Å². The van der Waals surface area contributed by atoms with Gasteiger partial charge in [0.05, 0.1) is 6.61 Å². The Balaban J connectivity index is 2.55. The van der Waals surface area contributed by atoms with Crippen LogP contribution < -0.4 is 4.90 Å². The van der Waals surface area contributed by atoms with Gasteiger partial charge in [-0.05, 0) is 25.3 Å². The summed E-state index contributed by atoms with van der Waals surface area (Å²) in [5.74, 6) is 0. The summed E-state index contributed by atoms with van der Waals surface area (Å²) in [5, 5.41) is 9.31. The molecule has 1 heterocycles. The lowest BCUT2D eigenvalue weighted by Crippen LogP contribution is -2.26. The number of hydrogen-bond donors (Lipinski definition) is 1. The Hall–Kier alpha value is -1.02. The van der Waals surface area contributed by atoms with Crippen molar-refractivity contribution >= 4 is 5.69 Å². The molecule has 0 amide bonds. The Kier molecular flexibility index (Phi) is 2.46. The molecule has 0 bridgehead atoms. The van der Waals surface area contributed by atoms with E-state index in [2.05, 4.69) is 31.0 Å². The average Bonchev–Trinajstić information content (AvgIpc) is 2.16. The lowest BCUT2D eigenvalue weighted by molar-refractivity contribution is 0.281. The molecule has 0 saturated heterocycles. The van der Waals surface area contributed by atoms with Gasteiger partial charge in [-0.25, -0.2) is 0 Å². The fourth-order valence-corrected chi connectivity index (χ4v) is 2.35. The number of hydrogen-bond acceptors (Lipinski definition) is 2. The second kappa shape index (κ2) is 3.62. The predicted octanol–water partition coefficient (Wildman–Crippen LogP) is 1.87. The molecule has 1 aliphatic heterocycles. The van der Waals surface area contributed by atoms with Crippen molar-refractivity contribution in [2.24, 2.45) is 0 Å². The van der Waals surface area contributed by atoms with E-state index in [4.69, 9.17) is 0 Å². The standard InChI is InChI=1S/C12H17NO/c1-9-6-10-4-3-5-13(2)12(10)11(7-9)8-14/h6-7,14H,3-5,8H2,1-2H3. The number of fused-ring (bicyclic) bond motifs is 1. The fraction of sp³-hybridized carbons (Fsp3) is 0.500. The summed E-state index contributed by atoms with van der Waals surface area (Å²) in [6.07, 6.45) is 2.37. The third-order valence-corrected chi connectivity index (χ3v) is 2.90. The van der Waals surface area contributed by atoms with Crippen LogP contribution in [-0.4, -0.2) is 18.7 Å². The molecular formula is C12H17NO. The van der Waals surface area contributed by atoms with Crippen molar-refractivity contribution in [3.05, 3.63) is 28.8 Å². The summed E-state index contributed by atoms with van der Waals surface area (Å²) in [4.78, 5) is 2.25. The number of aliphatic hydroxyl groups is 1. The molecule has 1 aromatic rings. The number of nitrogens with zero attached hydrogens (tertiary/aromatic N) is 1. The van der Waals surface area contributed by atoms with Crippen molar-refractivity contribution in [3.8, 4) is 0 Å². The van der Waals surface area contributed by atoms with Crippen molar-refractivity contribution in [1.82, 2.24) is 0 Å². The highest BCUT2D eigenvalue weighted by atomic mass is 16.3. The van der Waals surface area contributed by atoms with Gasteiger partial charge in [0.2, 0.25) is 0 Å². The van der Waals surface area contributed by atoms with Crippen LogP contribution >= 0.6 is 0 Å². The third kappa shape index (κ3) is 1.50. The number of aryl methyl sites for hydroxylation is 2. The maximum Gasteiger partial charge on any atom is 0.0702 e. The summed E-state index contributed by atoms with van der Waals surface area (Å²) in [6.45, 7) is 3.34. The number of rotatable bonds is 1. The summed E-state index contributed by atoms with van der Waals surface area (Å²) in [7, 11) is 2.10. The first-order valence-electron chi connectivity index (χ1n) is 5.17. The predicted molar refractivity (Wildman–Crippen MR) is 58.7 cm³/mol. The van der Waals surface area contributed by atoms with Crippen LogP contribution in [0, 0.1) is 6.92 Å². The van der Waals surface area contributed by atoms with Gasteiger partial charge >= 0.3 is 0 Å². The van der Waals surface area contributed by atoms with Gasteiger partial charge in [-0.15, -0.1) is 0 Å². The molecule has 0 unspecified atom stereocenters. The monoisotopic (exact) mass is 191 g/mol. The molecule has 76 valence electrons. The van der Waals surface area contributed by atoms with Crippen molar-refractivity contribution < 1.29 is 5.11 Å². The lowest BCUT2D eigenvalue weighted by atomic mass is 9.96. The van der Waals surface area contributed by atoms with Crippen LogP contribution in [0.1, 0.15) is 23.1 Å². The molecule has 1 N–H and O–H groups in total. The number of benzene rings is 1. The minimum atomic E-state index is 0.147. The van der Waals surface area contributed by atoms with Gasteiger partial charge in [-0.1, -0.05) is 17.7 Å². The second-order valence-electron chi connectivity index (χ2n) is 4.11. The minimum Gasteiger partial charge on any atom is -0.392 e. The zero-order valence-corrected chi connectivity index (χ0v) is 8.88. The SMILES string of the molecule is Cc1cc(CO)c2c(c1)CCCN2C. The van der Waals surface area contributed by atoms with Crippen LogP contribution in [0.5, 0.6) is 0 Å². The molecule has 14 heavy (non-hydrogen) atoms. The van der Waals surface area contributed by atoms with Crippen LogP contribution in [0.4, 0.5) is 5.69 Å². The number of anilines is 1. The van der Waals surface area contributed by atoms with Gasteiger partial charge in [0.25, 0.3) is 0 Å². The Morgan fingerprint density at radius 3 is 2.93 bits per heavy atom. The molecule has 0 atom stereocenters. The Labute approximate surface area is 85.2 Å². The highest BCUT2D eigenvalue weighted by molar-refractivity contribution is 5.61. The van der Waals surface area contributed by atoms with E-state index in [0.717, 1.165) is 18.5 Å². The molecule has 2 rings (SSSR count). The largest absolute Gasteiger partial charge is 0.392 e. The number of aliphatic hydroxyl groups excluding tert-OH is 1. The van der Waals surface area contributed by atoms with E-state index in [0.29, 0.717) is 0 Å². The lowest BCUT2D eigenvalue weighted by Gasteiger charge is -2.30. The highest BCUT2D eigenvalue weighted by Crippen LogP contribution is 2.31. The molecule has 0 fully saturated rings. The molecule has 2 heteroatoms. The zero-order chi connectivity index (χ0) is 10.1. The smallest absolute Gasteiger partial charge is 0.0702 e. The molecule has 1 aliphatic rings. The first-order chi connectivity index (χ1) is 6.72. The van der Waals surface area contributed by atoms with Gasteiger partial charge < -0.3 is 10.0 Å². The molecule has 0 saturated carbocycles. The van der Waals surface area contributed by atoms with E-state index in [-0.39, 0.29) is 6.61 Å². The van der Waals surface area contributed by atoms with Crippen LogP contribution in [0.3, 0.4) is 0 Å². The van der Waals surface area contributed by atoms with E-state index in [1.165, 1.54) is 23.2 Å². The molecule has 2 nitrogen and oxygen atoms in total. The molecule has 0 aromatic heterocycles. The Bertz CT molecular complexity index is 329. The summed E-state index contributed by atoms with van der Waals surface area (Å²) < 4.78 is 0. The quantitative estimate of drug-likeness (QED) is 0.732. The molecule has 0 aliphatic carbocycles. The molecule has 1 aromatic carbocycles. The van der Waals surface area contributed by atoms with Gasteiger partial charge in [0.15, 0.2) is 0 Å². The van der Waals surface area contributed by atoms with E-state index in [9.17, 15) is 5.11 Å². The summed E-state index contributed by atoms with van der Waals surface area (Å²) >= 11 is 0. The van der Waals surface area contributed by atoms with Gasteiger partial charge in [-0.2, -0.15) is 0 Å². The van der Waals surface area contributed by atoms with E-state index >= 15 is 0 Å². The maximum atomic E-state index is 9.31. The van der Waals surface area contributed by atoms with E-state index in [1.54, 1.807) is 0 Å². The van der Waals surface area contributed by atoms with Gasteiger partial charge in [-0.3, -0.25) is 0 Å². The fourth-order valence-electron chi connectivity index (χ4n) is 2.35. The van der Waals surface area contributed by atoms with Crippen molar-refractivity contribution in [3.63, 3.8) is 0 Å².